The number of methoxy groups -OCH3 is 1. The zero-order valence-corrected chi connectivity index (χ0v) is 14.5. The Bertz CT molecular complexity index is 705. The van der Waals surface area contributed by atoms with Crippen LogP contribution in [0.4, 0.5) is 0 Å². The van der Waals surface area contributed by atoms with Gasteiger partial charge in [-0.25, -0.2) is 0 Å². The first-order chi connectivity index (χ1) is 11.4. The number of halogens is 1. The third-order valence-electron chi connectivity index (χ3n) is 5.21. The Balaban J connectivity index is 2.12. The topological polar surface area (TPSA) is 75.7 Å². The lowest BCUT2D eigenvalue weighted by Crippen LogP contribution is -2.55. The summed E-state index contributed by atoms with van der Waals surface area (Å²) in [6.45, 7) is 1.81. The molecule has 6 nitrogen and oxygen atoms in total. The summed E-state index contributed by atoms with van der Waals surface area (Å²) in [6, 6.07) is 6.60. The Morgan fingerprint density at radius 1 is 1.29 bits per heavy atom. The summed E-state index contributed by atoms with van der Waals surface area (Å²) < 4.78 is 4.95. The number of imide groups is 1. The van der Waals surface area contributed by atoms with E-state index in [-0.39, 0.29) is 11.8 Å². The molecule has 3 rings (SSSR count). The molecule has 2 fully saturated rings. The van der Waals surface area contributed by atoms with Gasteiger partial charge in [0.15, 0.2) is 0 Å². The molecule has 128 valence electrons. The highest BCUT2D eigenvalue weighted by molar-refractivity contribution is 6.30. The number of fused-ring (bicyclic) bond motifs is 1. The lowest BCUT2D eigenvalue weighted by Gasteiger charge is -2.30. The summed E-state index contributed by atoms with van der Waals surface area (Å²) in [7, 11) is 2.75. The standard InChI is InChI=1S/C17H19ClN2O4/c1-4-17(16(23)24-3)12-11(14(21)20(2)15(12)22)13(19-17)9-5-7-10(18)8-6-9/h5-8,11-13,19H,4H2,1-3H3/t11-,12+,13+,17-/m0/s1. The van der Waals surface area contributed by atoms with Gasteiger partial charge in [-0.2, -0.15) is 0 Å². The fourth-order valence-electron chi connectivity index (χ4n) is 3.94. The predicted octanol–water partition coefficient (Wildman–Crippen LogP) is 1.54. The lowest BCUT2D eigenvalue weighted by atomic mass is 9.78. The fourth-order valence-corrected chi connectivity index (χ4v) is 4.07. The minimum atomic E-state index is -1.21. The molecular weight excluding hydrogens is 332 g/mol. The van der Waals surface area contributed by atoms with Crippen LogP contribution in [0.25, 0.3) is 0 Å². The van der Waals surface area contributed by atoms with Crippen LogP contribution in [0, 0.1) is 11.8 Å². The van der Waals surface area contributed by atoms with Crippen LogP contribution < -0.4 is 5.32 Å². The van der Waals surface area contributed by atoms with Gasteiger partial charge < -0.3 is 4.74 Å². The highest BCUT2D eigenvalue weighted by Gasteiger charge is 2.67. The van der Waals surface area contributed by atoms with E-state index in [1.165, 1.54) is 14.2 Å². The average Bonchev–Trinajstić information content (AvgIpc) is 3.05. The van der Waals surface area contributed by atoms with Crippen LogP contribution >= 0.6 is 11.6 Å². The van der Waals surface area contributed by atoms with E-state index in [0.29, 0.717) is 11.4 Å². The molecule has 0 aromatic heterocycles. The van der Waals surface area contributed by atoms with Crippen LogP contribution in [0.5, 0.6) is 0 Å². The van der Waals surface area contributed by atoms with Crippen molar-refractivity contribution in [2.75, 3.05) is 14.2 Å². The SMILES string of the molecule is CC[C@]1(C(=O)OC)N[C@H](c2ccc(Cl)cc2)[C@H]2C(=O)N(C)C(=O)[C@@H]21. The first-order valence-electron chi connectivity index (χ1n) is 7.80. The molecule has 2 aliphatic rings. The molecule has 7 heteroatoms. The Kier molecular flexibility index (Phi) is 4.13. The maximum absolute atomic E-state index is 12.7. The summed E-state index contributed by atoms with van der Waals surface area (Å²) in [4.78, 5) is 38.9. The van der Waals surface area contributed by atoms with Gasteiger partial charge in [-0.05, 0) is 24.1 Å². The molecule has 4 atom stereocenters. The van der Waals surface area contributed by atoms with Crippen LogP contribution in [-0.4, -0.2) is 42.4 Å². The van der Waals surface area contributed by atoms with Crippen LogP contribution in [0.2, 0.25) is 5.02 Å². The second-order valence-corrected chi connectivity index (χ2v) is 6.67. The normalized spacial score (nSPS) is 32.2. The number of hydrogen-bond acceptors (Lipinski definition) is 5. The Labute approximate surface area is 145 Å². The first-order valence-corrected chi connectivity index (χ1v) is 8.18. The predicted molar refractivity (Wildman–Crippen MR) is 87.1 cm³/mol. The highest BCUT2D eigenvalue weighted by atomic mass is 35.5. The van der Waals surface area contributed by atoms with E-state index in [1.807, 2.05) is 0 Å². The van der Waals surface area contributed by atoms with Crippen LogP contribution in [-0.2, 0) is 19.1 Å². The van der Waals surface area contributed by atoms with Crippen molar-refractivity contribution in [2.24, 2.45) is 11.8 Å². The second-order valence-electron chi connectivity index (χ2n) is 6.23. The van der Waals surface area contributed by atoms with E-state index in [0.717, 1.165) is 10.5 Å². The number of esters is 1. The van der Waals surface area contributed by atoms with Crippen molar-refractivity contribution >= 4 is 29.4 Å². The molecule has 2 heterocycles. The smallest absolute Gasteiger partial charge is 0.326 e. The van der Waals surface area contributed by atoms with E-state index in [1.54, 1.807) is 31.2 Å². The molecule has 0 aliphatic carbocycles. The summed E-state index contributed by atoms with van der Waals surface area (Å²) in [5, 5.41) is 3.82. The Morgan fingerprint density at radius 2 is 1.92 bits per heavy atom. The number of nitrogens with one attached hydrogen (secondary N) is 1. The fraction of sp³-hybridized carbons (Fsp3) is 0.471. The molecule has 0 saturated carbocycles. The summed E-state index contributed by atoms with van der Waals surface area (Å²) in [5.74, 6) is -2.55. The first kappa shape index (κ1) is 16.9. The van der Waals surface area contributed by atoms with Gasteiger partial charge in [0, 0.05) is 18.1 Å². The largest absolute Gasteiger partial charge is 0.468 e. The molecule has 2 aliphatic heterocycles. The summed E-state index contributed by atoms with van der Waals surface area (Å²) >= 11 is 5.94. The van der Waals surface area contributed by atoms with Crippen molar-refractivity contribution < 1.29 is 19.1 Å². The molecule has 1 aromatic rings. The zero-order valence-electron chi connectivity index (χ0n) is 13.7. The average molecular weight is 351 g/mol. The van der Waals surface area contributed by atoms with Gasteiger partial charge in [-0.15, -0.1) is 0 Å². The van der Waals surface area contributed by atoms with Crippen molar-refractivity contribution in [3.63, 3.8) is 0 Å². The van der Waals surface area contributed by atoms with Gasteiger partial charge in [-0.1, -0.05) is 30.7 Å². The summed E-state index contributed by atoms with van der Waals surface area (Å²) in [6.07, 6.45) is 0.345. The van der Waals surface area contributed by atoms with Crippen LogP contribution in [0.3, 0.4) is 0 Å². The monoisotopic (exact) mass is 350 g/mol. The van der Waals surface area contributed by atoms with E-state index in [9.17, 15) is 14.4 Å². The summed E-state index contributed by atoms with van der Waals surface area (Å²) in [5.41, 5.74) is -0.397. The van der Waals surface area contributed by atoms with Crippen molar-refractivity contribution in [3.05, 3.63) is 34.9 Å². The Hall–Kier alpha value is -1.92. The molecule has 1 N–H and O–H groups in total. The van der Waals surface area contributed by atoms with Crippen molar-refractivity contribution in [2.45, 2.75) is 24.9 Å². The molecule has 0 unspecified atom stereocenters. The number of rotatable bonds is 3. The number of carbonyl (C=O) groups excluding carboxylic acids is 3. The highest BCUT2D eigenvalue weighted by Crippen LogP contribution is 2.50. The van der Waals surface area contributed by atoms with Crippen molar-refractivity contribution in [1.29, 1.82) is 0 Å². The zero-order chi connectivity index (χ0) is 17.6. The third kappa shape index (κ3) is 2.17. The van der Waals surface area contributed by atoms with Gasteiger partial charge in [0.1, 0.15) is 5.54 Å². The quantitative estimate of drug-likeness (QED) is 0.661. The molecule has 0 spiro atoms. The van der Waals surface area contributed by atoms with Gasteiger partial charge in [0.05, 0.1) is 18.9 Å². The molecule has 0 bridgehead atoms. The minimum Gasteiger partial charge on any atom is -0.468 e. The number of hydrogen-bond donors (Lipinski definition) is 1. The number of nitrogens with zero attached hydrogens (tertiary/aromatic N) is 1. The van der Waals surface area contributed by atoms with Gasteiger partial charge in [0.2, 0.25) is 11.8 Å². The molecule has 1 aromatic carbocycles. The van der Waals surface area contributed by atoms with Gasteiger partial charge >= 0.3 is 5.97 Å². The van der Waals surface area contributed by atoms with Gasteiger partial charge in [0.25, 0.3) is 0 Å². The molecule has 2 amide bonds. The van der Waals surface area contributed by atoms with E-state index < -0.39 is 29.4 Å². The van der Waals surface area contributed by atoms with Gasteiger partial charge in [-0.3, -0.25) is 24.6 Å². The van der Waals surface area contributed by atoms with Crippen molar-refractivity contribution in [3.8, 4) is 0 Å². The number of ether oxygens (including phenoxy) is 1. The van der Waals surface area contributed by atoms with Crippen molar-refractivity contribution in [1.82, 2.24) is 10.2 Å². The van der Waals surface area contributed by atoms with E-state index >= 15 is 0 Å². The van der Waals surface area contributed by atoms with E-state index in [2.05, 4.69) is 5.32 Å². The number of carbonyl (C=O) groups is 3. The molecule has 24 heavy (non-hydrogen) atoms. The number of benzene rings is 1. The molecular formula is C17H19ClN2O4. The van der Waals surface area contributed by atoms with Crippen LogP contribution in [0.15, 0.2) is 24.3 Å². The van der Waals surface area contributed by atoms with E-state index in [4.69, 9.17) is 16.3 Å². The lowest BCUT2D eigenvalue weighted by molar-refractivity contribution is -0.154. The molecule has 2 saturated heterocycles. The van der Waals surface area contributed by atoms with Crippen LogP contribution in [0.1, 0.15) is 24.9 Å². The third-order valence-corrected chi connectivity index (χ3v) is 5.46. The number of likely N-dealkylation sites (tertiary alicyclic amines) is 1. The maximum Gasteiger partial charge on any atom is 0.326 e. The minimum absolute atomic E-state index is 0.281. The number of amides is 2. The Morgan fingerprint density at radius 3 is 2.46 bits per heavy atom. The second kappa shape index (κ2) is 5.86. The maximum atomic E-state index is 12.7. The molecule has 0 radical (unpaired) electrons.